The van der Waals surface area contributed by atoms with Crippen molar-refractivity contribution in [1.82, 2.24) is 9.97 Å². The number of benzene rings is 1. The molecule has 27 heavy (non-hydrogen) atoms. The molecule has 0 unspecified atom stereocenters. The Balaban J connectivity index is 1.65. The van der Waals surface area contributed by atoms with Crippen molar-refractivity contribution in [1.29, 1.82) is 0 Å². The zero-order valence-corrected chi connectivity index (χ0v) is 14.9. The maximum Gasteiger partial charge on any atom is 0.329 e. The van der Waals surface area contributed by atoms with Crippen molar-refractivity contribution < 1.29 is 9.31 Å². The molecule has 8 nitrogen and oxygen atoms in total. The number of nitrogens with two attached hydrogens (primary N) is 1. The van der Waals surface area contributed by atoms with Gasteiger partial charge in [0.15, 0.2) is 0 Å². The first-order chi connectivity index (χ1) is 13.0. The van der Waals surface area contributed by atoms with Crippen LogP contribution in [0.25, 0.3) is 0 Å². The number of nitrogens with zero attached hydrogens (tertiary/aromatic N) is 3. The van der Waals surface area contributed by atoms with E-state index in [1.54, 1.807) is 12.1 Å². The van der Waals surface area contributed by atoms with Crippen LogP contribution in [0.4, 0.5) is 21.8 Å². The Hall–Kier alpha value is -2.81. The smallest absolute Gasteiger partial charge is 0.329 e. The Kier molecular flexibility index (Phi) is 6.12. The molecule has 144 valence electrons. The Morgan fingerprint density at radius 2 is 2.04 bits per heavy atom. The second-order valence-corrected chi connectivity index (χ2v) is 6.83. The third kappa shape index (κ3) is 5.33. The molecule has 3 rings (SSSR count). The fourth-order valence-corrected chi connectivity index (χ4v) is 3.19. The number of hydrogen-bond donors (Lipinski definition) is 3. The van der Waals surface area contributed by atoms with E-state index in [0.29, 0.717) is 19.0 Å². The highest BCUT2D eigenvalue weighted by molar-refractivity contribution is 5.57. The topological polar surface area (TPSA) is 119 Å². The summed E-state index contributed by atoms with van der Waals surface area (Å²) >= 11 is 0. The summed E-state index contributed by atoms with van der Waals surface area (Å²) < 4.78 is 13.2. The van der Waals surface area contributed by atoms with E-state index in [0.717, 1.165) is 31.2 Å². The summed E-state index contributed by atoms with van der Waals surface area (Å²) in [5.41, 5.74) is 6.48. The van der Waals surface area contributed by atoms with Crippen molar-refractivity contribution in [2.24, 2.45) is 11.7 Å². The van der Waals surface area contributed by atoms with Gasteiger partial charge < -0.3 is 16.4 Å². The molecule has 0 spiro atoms. The molecule has 1 fully saturated rings. The molecule has 0 bridgehead atoms. The molecule has 1 aromatic heterocycles. The van der Waals surface area contributed by atoms with Crippen LogP contribution >= 0.6 is 0 Å². The van der Waals surface area contributed by atoms with Gasteiger partial charge in [0, 0.05) is 19.1 Å². The number of aromatic nitrogens is 2. The molecule has 1 heterocycles. The Morgan fingerprint density at radius 3 is 2.74 bits per heavy atom. The second kappa shape index (κ2) is 8.72. The Morgan fingerprint density at radius 1 is 1.26 bits per heavy atom. The molecule has 0 aliphatic heterocycles. The second-order valence-electron chi connectivity index (χ2n) is 6.83. The first-order valence-corrected chi connectivity index (χ1v) is 9.00. The molecule has 1 aromatic carbocycles. The van der Waals surface area contributed by atoms with E-state index >= 15 is 0 Å². The van der Waals surface area contributed by atoms with Gasteiger partial charge in [0.05, 0.1) is 4.92 Å². The van der Waals surface area contributed by atoms with Gasteiger partial charge in [0.2, 0.25) is 11.8 Å². The maximum absolute atomic E-state index is 13.2. The van der Waals surface area contributed by atoms with E-state index < -0.39 is 4.92 Å². The Bertz CT molecular complexity index is 795. The fraction of sp³-hybridized carbons (Fsp3) is 0.444. The molecule has 0 radical (unpaired) electrons. The molecule has 0 saturated heterocycles. The summed E-state index contributed by atoms with van der Waals surface area (Å²) in [4.78, 5) is 19.0. The van der Waals surface area contributed by atoms with Gasteiger partial charge in [-0.2, -0.15) is 4.98 Å². The van der Waals surface area contributed by atoms with Gasteiger partial charge in [0.1, 0.15) is 12.0 Å². The molecular weight excluding hydrogens is 351 g/mol. The van der Waals surface area contributed by atoms with Crippen LogP contribution < -0.4 is 16.4 Å². The van der Waals surface area contributed by atoms with Crippen molar-refractivity contribution in [2.45, 2.75) is 38.3 Å². The lowest BCUT2D eigenvalue weighted by molar-refractivity contribution is -0.384. The first kappa shape index (κ1) is 19.0. The van der Waals surface area contributed by atoms with Crippen LogP contribution in [0.5, 0.6) is 0 Å². The summed E-state index contributed by atoms with van der Waals surface area (Å²) in [6.07, 6.45) is 5.12. The third-order valence-electron chi connectivity index (χ3n) is 4.76. The van der Waals surface area contributed by atoms with E-state index in [4.69, 9.17) is 5.73 Å². The summed E-state index contributed by atoms with van der Waals surface area (Å²) in [6, 6.07) is 6.42. The van der Waals surface area contributed by atoms with Crippen LogP contribution in [0.2, 0.25) is 0 Å². The Labute approximate surface area is 156 Å². The highest BCUT2D eigenvalue weighted by atomic mass is 19.1. The average molecular weight is 374 g/mol. The molecule has 1 saturated carbocycles. The van der Waals surface area contributed by atoms with Crippen molar-refractivity contribution in [2.75, 3.05) is 17.2 Å². The van der Waals surface area contributed by atoms with Crippen LogP contribution in [-0.4, -0.2) is 27.5 Å². The highest BCUT2D eigenvalue weighted by Crippen LogP contribution is 2.26. The lowest BCUT2D eigenvalue weighted by atomic mass is 9.86. The van der Waals surface area contributed by atoms with Crippen molar-refractivity contribution >= 4 is 17.5 Å². The third-order valence-corrected chi connectivity index (χ3v) is 4.76. The lowest BCUT2D eigenvalue weighted by Gasteiger charge is -2.26. The first-order valence-electron chi connectivity index (χ1n) is 9.00. The molecule has 1 aliphatic carbocycles. The van der Waals surface area contributed by atoms with Crippen molar-refractivity contribution in [3.63, 3.8) is 0 Å². The number of nitro groups is 1. The predicted molar refractivity (Wildman–Crippen MR) is 101 cm³/mol. The van der Waals surface area contributed by atoms with Crippen LogP contribution in [0.15, 0.2) is 30.5 Å². The molecular formula is C18H23FN6O2. The molecule has 9 heteroatoms. The predicted octanol–water partition coefficient (Wildman–Crippen LogP) is 3.07. The largest absolute Gasteiger partial charge is 0.364 e. The number of nitrogens with one attached hydrogen (secondary N) is 2. The molecule has 0 atom stereocenters. The number of hydrogen-bond acceptors (Lipinski definition) is 7. The molecule has 1 aliphatic rings. The SMILES string of the molecule is N[C@H]1CC[C@H](CNc2nc(NCc3cccc(F)c3)ncc2[N+](=O)[O-])CC1. The zero-order valence-electron chi connectivity index (χ0n) is 14.9. The highest BCUT2D eigenvalue weighted by Gasteiger charge is 2.21. The van der Waals surface area contributed by atoms with E-state index in [1.165, 1.54) is 18.3 Å². The van der Waals surface area contributed by atoms with E-state index in [2.05, 4.69) is 20.6 Å². The van der Waals surface area contributed by atoms with Gasteiger partial charge in [-0.15, -0.1) is 0 Å². The van der Waals surface area contributed by atoms with Gasteiger partial charge >= 0.3 is 5.69 Å². The molecule has 2 aromatic rings. The maximum atomic E-state index is 13.2. The van der Waals surface area contributed by atoms with Gasteiger partial charge in [-0.3, -0.25) is 10.1 Å². The quantitative estimate of drug-likeness (QED) is 0.503. The number of rotatable bonds is 7. The van der Waals surface area contributed by atoms with E-state index in [9.17, 15) is 14.5 Å². The monoisotopic (exact) mass is 374 g/mol. The van der Waals surface area contributed by atoms with Crippen LogP contribution in [0.3, 0.4) is 0 Å². The van der Waals surface area contributed by atoms with Crippen LogP contribution in [0, 0.1) is 21.8 Å². The van der Waals surface area contributed by atoms with Crippen molar-refractivity contribution in [3.05, 3.63) is 52.0 Å². The summed E-state index contributed by atoms with van der Waals surface area (Å²) in [7, 11) is 0. The number of anilines is 2. The number of halogens is 1. The van der Waals surface area contributed by atoms with Crippen LogP contribution in [0.1, 0.15) is 31.2 Å². The van der Waals surface area contributed by atoms with Gasteiger partial charge in [-0.05, 0) is 49.3 Å². The summed E-state index contributed by atoms with van der Waals surface area (Å²) in [6.45, 7) is 0.920. The molecule has 4 N–H and O–H groups in total. The normalized spacial score (nSPS) is 19.5. The van der Waals surface area contributed by atoms with E-state index in [1.807, 2.05) is 0 Å². The van der Waals surface area contributed by atoms with Gasteiger partial charge in [0.25, 0.3) is 0 Å². The average Bonchev–Trinajstić information content (AvgIpc) is 2.66. The van der Waals surface area contributed by atoms with Crippen LogP contribution in [-0.2, 0) is 6.54 Å². The minimum atomic E-state index is -0.504. The van der Waals surface area contributed by atoms with Crippen molar-refractivity contribution in [3.8, 4) is 0 Å². The van der Waals surface area contributed by atoms with Gasteiger partial charge in [-0.1, -0.05) is 12.1 Å². The van der Waals surface area contributed by atoms with Gasteiger partial charge in [-0.25, -0.2) is 9.37 Å². The minimum absolute atomic E-state index is 0.168. The lowest BCUT2D eigenvalue weighted by Crippen LogP contribution is -2.29. The summed E-state index contributed by atoms with van der Waals surface area (Å²) in [5.74, 6) is 0.529. The van der Waals surface area contributed by atoms with E-state index in [-0.39, 0.29) is 29.3 Å². The fourth-order valence-electron chi connectivity index (χ4n) is 3.19. The zero-order chi connectivity index (χ0) is 19.2. The minimum Gasteiger partial charge on any atom is -0.364 e. The standard InChI is InChI=1S/C18H23FN6O2/c19-14-3-1-2-13(8-14)10-22-18-23-11-16(25(26)27)17(24-18)21-9-12-4-6-15(20)7-5-12/h1-3,8,11-12,15H,4-7,9-10,20H2,(H2,21,22,23,24)/t12-,15-. The molecule has 0 amide bonds. The summed E-state index contributed by atoms with van der Waals surface area (Å²) in [5, 5.41) is 17.3.